The highest BCUT2D eigenvalue weighted by Crippen LogP contribution is 2.29. The van der Waals surface area contributed by atoms with E-state index < -0.39 is 29.0 Å². The molecule has 1 aliphatic heterocycles. The fourth-order valence-electron chi connectivity index (χ4n) is 3.44. The lowest BCUT2D eigenvalue weighted by molar-refractivity contribution is -0.137. The minimum Gasteiger partial charge on any atom is -0.365 e. The third kappa shape index (κ3) is 4.54. The van der Waals surface area contributed by atoms with Crippen molar-refractivity contribution in [2.24, 2.45) is 0 Å². The smallest absolute Gasteiger partial charge is 0.365 e. The first kappa shape index (κ1) is 22.7. The Morgan fingerprint density at radius 2 is 1.70 bits per heavy atom. The molecule has 1 fully saturated rings. The number of nitrogens with zero attached hydrogens (tertiary/aromatic N) is 5. The largest absolute Gasteiger partial charge is 0.417 e. The van der Waals surface area contributed by atoms with Gasteiger partial charge in [0.25, 0.3) is 11.5 Å². The van der Waals surface area contributed by atoms with Crippen molar-refractivity contribution in [1.82, 2.24) is 19.7 Å². The summed E-state index contributed by atoms with van der Waals surface area (Å²) in [5.74, 6) is -1.14. The monoisotopic (exact) mass is 481 g/mol. The molecular formula is C21H16ClF4N5O2. The van der Waals surface area contributed by atoms with Gasteiger partial charge in [-0.3, -0.25) is 9.59 Å². The molecule has 0 saturated carbocycles. The van der Waals surface area contributed by atoms with Crippen molar-refractivity contribution in [3.05, 3.63) is 81.1 Å². The summed E-state index contributed by atoms with van der Waals surface area (Å²) in [6, 6.07) is 7.54. The van der Waals surface area contributed by atoms with Gasteiger partial charge in [0.2, 0.25) is 0 Å². The molecule has 1 aromatic carbocycles. The Labute approximate surface area is 189 Å². The van der Waals surface area contributed by atoms with Crippen LogP contribution in [0.25, 0.3) is 5.82 Å². The Bertz CT molecular complexity index is 1240. The molecule has 0 unspecified atom stereocenters. The van der Waals surface area contributed by atoms with Crippen LogP contribution in [0.3, 0.4) is 0 Å². The summed E-state index contributed by atoms with van der Waals surface area (Å²) in [4.78, 5) is 32.2. The molecule has 3 heterocycles. The van der Waals surface area contributed by atoms with Gasteiger partial charge in [0.05, 0.1) is 23.0 Å². The summed E-state index contributed by atoms with van der Waals surface area (Å²) in [5.41, 5.74) is -1.39. The number of halogens is 5. The molecule has 1 amide bonds. The maximum atomic E-state index is 13.9. The number of amides is 1. The molecule has 7 nitrogen and oxygen atoms in total. The van der Waals surface area contributed by atoms with Crippen LogP contribution in [0.5, 0.6) is 0 Å². The Balaban J connectivity index is 1.50. The van der Waals surface area contributed by atoms with Gasteiger partial charge in [-0.1, -0.05) is 23.7 Å². The zero-order chi connectivity index (χ0) is 23.8. The average molecular weight is 482 g/mol. The van der Waals surface area contributed by atoms with E-state index in [1.807, 2.05) is 0 Å². The molecule has 1 aliphatic rings. The maximum absolute atomic E-state index is 13.9. The van der Waals surface area contributed by atoms with E-state index in [0.29, 0.717) is 25.0 Å². The number of hydrogen-bond acceptors (Lipinski definition) is 5. The van der Waals surface area contributed by atoms with Crippen molar-refractivity contribution in [2.75, 3.05) is 31.1 Å². The van der Waals surface area contributed by atoms with Gasteiger partial charge in [-0.15, -0.1) is 0 Å². The molecule has 0 N–H and O–H groups in total. The topological polar surface area (TPSA) is 71.3 Å². The van der Waals surface area contributed by atoms with Crippen LogP contribution in [0.4, 0.5) is 23.2 Å². The molecule has 33 heavy (non-hydrogen) atoms. The van der Waals surface area contributed by atoms with E-state index in [9.17, 15) is 27.2 Å². The normalized spacial score (nSPS) is 14.5. The fourth-order valence-corrected chi connectivity index (χ4v) is 3.69. The second-order valence-electron chi connectivity index (χ2n) is 7.22. The number of aromatic nitrogens is 3. The summed E-state index contributed by atoms with van der Waals surface area (Å²) in [7, 11) is 0. The van der Waals surface area contributed by atoms with E-state index in [2.05, 4.69) is 10.1 Å². The first-order valence-electron chi connectivity index (χ1n) is 9.77. The van der Waals surface area contributed by atoms with Crippen LogP contribution in [0.2, 0.25) is 5.02 Å². The highest BCUT2D eigenvalue weighted by molar-refractivity contribution is 6.33. The molecule has 3 aromatic rings. The second kappa shape index (κ2) is 8.81. The Morgan fingerprint density at radius 3 is 2.30 bits per heavy atom. The predicted octanol–water partition coefficient (Wildman–Crippen LogP) is 3.40. The number of hydrogen-bond donors (Lipinski definition) is 0. The zero-order valence-corrected chi connectivity index (χ0v) is 17.6. The van der Waals surface area contributed by atoms with Crippen LogP contribution in [0.1, 0.15) is 15.9 Å². The van der Waals surface area contributed by atoms with Gasteiger partial charge in [-0.05, 0) is 24.3 Å². The summed E-state index contributed by atoms with van der Waals surface area (Å²) in [6.07, 6.45) is -2.63. The fraction of sp³-hybridized carbons (Fsp3) is 0.238. The number of carbonyl (C=O) groups is 1. The quantitative estimate of drug-likeness (QED) is 0.536. The van der Waals surface area contributed by atoms with Crippen molar-refractivity contribution in [3.63, 3.8) is 0 Å². The van der Waals surface area contributed by atoms with Crippen molar-refractivity contribution >= 4 is 23.2 Å². The molecule has 0 spiro atoms. The first-order valence-corrected chi connectivity index (χ1v) is 10.1. The minimum atomic E-state index is -4.55. The predicted molar refractivity (Wildman–Crippen MR) is 112 cm³/mol. The number of benzene rings is 1. The van der Waals surface area contributed by atoms with Crippen molar-refractivity contribution in [1.29, 1.82) is 0 Å². The summed E-state index contributed by atoms with van der Waals surface area (Å²) < 4.78 is 52.9. The van der Waals surface area contributed by atoms with Gasteiger partial charge in [0, 0.05) is 32.4 Å². The van der Waals surface area contributed by atoms with Crippen LogP contribution >= 0.6 is 11.6 Å². The lowest BCUT2D eigenvalue weighted by Gasteiger charge is -2.36. The van der Waals surface area contributed by atoms with Crippen LogP contribution < -0.4 is 10.5 Å². The summed E-state index contributed by atoms with van der Waals surface area (Å²) in [5, 5.41) is 3.81. The molecular weight excluding hydrogens is 466 g/mol. The van der Waals surface area contributed by atoms with Crippen LogP contribution in [0.15, 0.2) is 53.6 Å². The molecule has 1 saturated heterocycles. The molecule has 4 rings (SSSR count). The van der Waals surface area contributed by atoms with E-state index in [4.69, 9.17) is 11.6 Å². The Kier molecular flexibility index (Phi) is 6.07. The highest BCUT2D eigenvalue weighted by Gasteiger charge is 2.31. The van der Waals surface area contributed by atoms with E-state index in [1.54, 1.807) is 11.0 Å². The van der Waals surface area contributed by atoms with Gasteiger partial charge >= 0.3 is 6.18 Å². The maximum Gasteiger partial charge on any atom is 0.417 e. The number of anilines is 1. The van der Waals surface area contributed by atoms with Crippen LogP contribution in [-0.2, 0) is 6.18 Å². The number of pyridine rings is 1. The van der Waals surface area contributed by atoms with Gasteiger partial charge in [0.15, 0.2) is 5.82 Å². The summed E-state index contributed by atoms with van der Waals surface area (Å²) >= 11 is 6.25. The SMILES string of the molecule is O=C(c1ccccc1F)N1CCN(c2cnn(-c3ccc(C(F)(F)F)cn3)c(=O)c2Cl)CC1. The molecule has 2 aromatic heterocycles. The average Bonchev–Trinajstić information content (AvgIpc) is 2.80. The molecule has 0 bridgehead atoms. The number of piperazine rings is 1. The van der Waals surface area contributed by atoms with E-state index in [0.717, 1.165) is 16.8 Å². The standard InChI is InChI=1S/C21H16ClF4N5O2/c22-18-16(12-28-31(20(18)33)17-6-5-13(11-27-17)21(24,25)26)29-7-9-30(10-8-29)19(32)14-3-1-2-4-15(14)23/h1-6,11-12H,7-10H2. The first-order chi connectivity index (χ1) is 15.7. The lowest BCUT2D eigenvalue weighted by Crippen LogP contribution is -2.49. The van der Waals surface area contributed by atoms with E-state index in [1.165, 1.54) is 29.3 Å². The Morgan fingerprint density at radius 1 is 1.00 bits per heavy atom. The molecule has 172 valence electrons. The number of carbonyl (C=O) groups excluding carboxylic acids is 1. The van der Waals surface area contributed by atoms with Crippen molar-refractivity contribution in [3.8, 4) is 5.82 Å². The Hall–Kier alpha value is -3.47. The number of alkyl halides is 3. The molecule has 0 aliphatic carbocycles. The van der Waals surface area contributed by atoms with Crippen molar-refractivity contribution in [2.45, 2.75) is 6.18 Å². The minimum absolute atomic E-state index is 0.0164. The van der Waals surface area contributed by atoms with Crippen LogP contribution in [0, 0.1) is 5.82 Å². The molecule has 0 atom stereocenters. The highest BCUT2D eigenvalue weighted by atomic mass is 35.5. The van der Waals surface area contributed by atoms with Gasteiger partial charge < -0.3 is 9.80 Å². The van der Waals surface area contributed by atoms with Gasteiger partial charge in [0.1, 0.15) is 10.8 Å². The second-order valence-corrected chi connectivity index (χ2v) is 7.60. The third-order valence-corrected chi connectivity index (χ3v) is 5.56. The van der Waals surface area contributed by atoms with Gasteiger partial charge in [-0.2, -0.15) is 23.0 Å². The van der Waals surface area contributed by atoms with Crippen molar-refractivity contribution < 1.29 is 22.4 Å². The zero-order valence-electron chi connectivity index (χ0n) is 16.9. The number of rotatable bonds is 3. The van der Waals surface area contributed by atoms with Crippen LogP contribution in [-0.4, -0.2) is 51.8 Å². The van der Waals surface area contributed by atoms with Gasteiger partial charge in [-0.25, -0.2) is 9.37 Å². The van der Waals surface area contributed by atoms with E-state index >= 15 is 0 Å². The molecule has 12 heteroatoms. The molecule has 0 radical (unpaired) electrons. The lowest BCUT2D eigenvalue weighted by atomic mass is 10.1. The summed E-state index contributed by atoms with van der Waals surface area (Å²) in [6.45, 7) is 1.19. The third-order valence-electron chi connectivity index (χ3n) is 5.20. The van der Waals surface area contributed by atoms with E-state index in [-0.39, 0.29) is 29.5 Å².